The molecule has 3 N–H and O–H groups in total. The second kappa shape index (κ2) is 8.74. The maximum atomic E-state index is 11.8. The third-order valence-corrected chi connectivity index (χ3v) is 4.17. The highest BCUT2D eigenvalue weighted by atomic mass is 16.1. The molecular formula is C17H35N3O. The first-order chi connectivity index (χ1) is 9.76. The van der Waals surface area contributed by atoms with Crippen molar-refractivity contribution in [2.45, 2.75) is 65.8 Å². The number of hydrogen-bond donors (Lipinski definition) is 2. The lowest BCUT2D eigenvalue weighted by molar-refractivity contribution is -0.121. The Balaban J connectivity index is 2.05. The normalized spacial score (nSPS) is 19.5. The molecule has 1 fully saturated rings. The number of likely N-dealkylation sites (tertiary alicyclic amines) is 1. The van der Waals surface area contributed by atoms with Crippen molar-refractivity contribution >= 4 is 5.91 Å². The van der Waals surface area contributed by atoms with Crippen molar-refractivity contribution < 1.29 is 4.79 Å². The molecule has 0 aromatic carbocycles. The van der Waals surface area contributed by atoms with E-state index in [2.05, 4.69) is 37.9 Å². The fraction of sp³-hybridized carbons (Fsp3) is 0.941. The van der Waals surface area contributed by atoms with Gasteiger partial charge in [0.1, 0.15) is 0 Å². The van der Waals surface area contributed by atoms with E-state index in [0.29, 0.717) is 6.42 Å². The van der Waals surface area contributed by atoms with Gasteiger partial charge in [-0.1, -0.05) is 27.7 Å². The molecule has 21 heavy (non-hydrogen) atoms. The molecule has 1 aliphatic heterocycles. The summed E-state index contributed by atoms with van der Waals surface area (Å²) in [5.74, 6) is 0.976. The van der Waals surface area contributed by atoms with Gasteiger partial charge in [-0.2, -0.15) is 0 Å². The molecule has 1 heterocycles. The Morgan fingerprint density at radius 3 is 2.52 bits per heavy atom. The van der Waals surface area contributed by atoms with Gasteiger partial charge in [0.15, 0.2) is 0 Å². The first kappa shape index (κ1) is 18.4. The molecule has 1 rings (SSSR count). The second-order valence-corrected chi connectivity index (χ2v) is 7.96. The van der Waals surface area contributed by atoms with Crippen LogP contribution in [0.5, 0.6) is 0 Å². The van der Waals surface area contributed by atoms with E-state index in [1.807, 2.05) is 0 Å². The summed E-state index contributed by atoms with van der Waals surface area (Å²) in [6.07, 6.45) is 4.99. The molecule has 1 saturated heterocycles. The monoisotopic (exact) mass is 297 g/mol. The fourth-order valence-corrected chi connectivity index (χ4v) is 2.99. The summed E-state index contributed by atoms with van der Waals surface area (Å²) in [6.45, 7) is 13.1. The topological polar surface area (TPSA) is 58.4 Å². The SMILES string of the molecule is CC1CCN(CCCNC(=O)CC(N)CC(C)(C)C)CC1. The Morgan fingerprint density at radius 1 is 1.33 bits per heavy atom. The summed E-state index contributed by atoms with van der Waals surface area (Å²) < 4.78 is 0. The third kappa shape index (κ3) is 9.10. The van der Waals surface area contributed by atoms with Crippen molar-refractivity contribution in [3.63, 3.8) is 0 Å². The molecule has 1 amide bonds. The first-order valence-electron chi connectivity index (χ1n) is 8.51. The molecular weight excluding hydrogens is 262 g/mol. The minimum Gasteiger partial charge on any atom is -0.356 e. The van der Waals surface area contributed by atoms with Crippen molar-refractivity contribution in [3.8, 4) is 0 Å². The van der Waals surface area contributed by atoms with Crippen molar-refractivity contribution in [2.75, 3.05) is 26.2 Å². The van der Waals surface area contributed by atoms with Gasteiger partial charge < -0.3 is 16.0 Å². The summed E-state index contributed by atoms with van der Waals surface area (Å²) in [5.41, 5.74) is 6.21. The molecule has 1 aliphatic rings. The largest absolute Gasteiger partial charge is 0.356 e. The molecule has 1 atom stereocenters. The Hall–Kier alpha value is -0.610. The van der Waals surface area contributed by atoms with E-state index >= 15 is 0 Å². The maximum absolute atomic E-state index is 11.8. The van der Waals surface area contributed by atoms with Crippen LogP contribution in [0.1, 0.15) is 59.8 Å². The van der Waals surface area contributed by atoms with Crippen LogP contribution in [0.15, 0.2) is 0 Å². The molecule has 124 valence electrons. The number of carbonyl (C=O) groups is 1. The van der Waals surface area contributed by atoms with Crippen LogP contribution in [0.25, 0.3) is 0 Å². The molecule has 0 radical (unpaired) electrons. The van der Waals surface area contributed by atoms with Crippen LogP contribution in [-0.2, 0) is 4.79 Å². The van der Waals surface area contributed by atoms with E-state index in [4.69, 9.17) is 5.73 Å². The van der Waals surface area contributed by atoms with Gasteiger partial charge in [0.05, 0.1) is 0 Å². The maximum Gasteiger partial charge on any atom is 0.221 e. The molecule has 0 aliphatic carbocycles. The van der Waals surface area contributed by atoms with E-state index < -0.39 is 0 Å². The quantitative estimate of drug-likeness (QED) is 0.709. The summed E-state index contributed by atoms with van der Waals surface area (Å²) in [5, 5.41) is 3.00. The third-order valence-electron chi connectivity index (χ3n) is 4.17. The van der Waals surface area contributed by atoms with Crippen molar-refractivity contribution in [3.05, 3.63) is 0 Å². The zero-order chi connectivity index (χ0) is 15.9. The smallest absolute Gasteiger partial charge is 0.221 e. The van der Waals surface area contributed by atoms with E-state index in [-0.39, 0.29) is 17.4 Å². The molecule has 4 nitrogen and oxygen atoms in total. The van der Waals surface area contributed by atoms with Gasteiger partial charge in [-0.3, -0.25) is 4.79 Å². The highest BCUT2D eigenvalue weighted by Gasteiger charge is 2.18. The van der Waals surface area contributed by atoms with Gasteiger partial charge >= 0.3 is 0 Å². The lowest BCUT2D eigenvalue weighted by atomic mass is 9.87. The summed E-state index contributed by atoms with van der Waals surface area (Å²) in [4.78, 5) is 14.3. The lowest BCUT2D eigenvalue weighted by Crippen LogP contribution is -2.37. The Bertz CT molecular complexity index is 304. The standard InChI is InChI=1S/C17H35N3O/c1-14-6-10-20(11-7-14)9-5-8-19-16(21)12-15(18)13-17(2,3)4/h14-15H,5-13,18H2,1-4H3,(H,19,21). The zero-order valence-electron chi connectivity index (χ0n) is 14.5. The van der Waals surface area contributed by atoms with Crippen LogP contribution in [0.2, 0.25) is 0 Å². The van der Waals surface area contributed by atoms with Crippen LogP contribution in [0.4, 0.5) is 0 Å². The minimum absolute atomic E-state index is 0.0337. The van der Waals surface area contributed by atoms with E-state index in [9.17, 15) is 4.79 Å². The number of nitrogens with two attached hydrogens (primary N) is 1. The predicted octanol–water partition coefficient (Wildman–Crippen LogP) is 2.38. The van der Waals surface area contributed by atoms with Gasteiger partial charge in [-0.25, -0.2) is 0 Å². The number of nitrogens with one attached hydrogen (secondary N) is 1. The van der Waals surface area contributed by atoms with Crippen LogP contribution in [-0.4, -0.2) is 43.0 Å². The summed E-state index contributed by atoms with van der Waals surface area (Å²) in [6, 6.07) is -0.0337. The molecule has 0 aromatic rings. The van der Waals surface area contributed by atoms with Crippen molar-refractivity contribution in [2.24, 2.45) is 17.1 Å². The van der Waals surface area contributed by atoms with Gasteiger partial charge in [-0.15, -0.1) is 0 Å². The van der Waals surface area contributed by atoms with E-state index in [1.165, 1.54) is 25.9 Å². The molecule has 0 saturated carbocycles. The Morgan fingerprint density at radius 2 is 1.95 bits per heavy atom. The second-order valence-electron chi connectivity index (χ2n) is 7.96. The number of piperidine rings is 1. The fourth-order valence-electron chi connectivity index (χ4n) is 2.99. The average Bonchev–Trinajstić information content (AvgIpc) is 2.34. The van der Waals surface area contributed by atoms with Gasteiger partial charge in [0, 0.05) is 19.0 Å². The molecule has 1 unspecified atom stereocenters. The zero-order valence-corrected chi connectivity index (χ0v) is 14.5. The number of hydrogen-bond acceptors (Lipinski definition) is 3. The van der Waals surface area contributed by atoms with Crippen molar-refractivity contribution in [1.82, 2.24) is 10.2 Å². The van der Waals surface area contributed by atoms with Gasteiger partial charge in [-0.05, 0) is 56.7 Å². The first-order valence-corrected chi connectivity index (χ1v) is 8.51. The highest BCUT2D eigenvalue weighted by molar-refractivity contribution is 5.76. The Labute approximate surface area is 130 Å². The van der Waals surface area contributed by atoms with Crippen molar-refractivity contribution in [1.29, 1.82) is 0 Å². The number of carbonyl (C=O) groups excluding carboxylic acids is 1. The highest BCUT2D eigenvalue weighted by Crippen LogP contribution is 2.21. The number of amides is 1. The molecule has 0 spiro atoms. The van der Waals surface area contributed by atoms with E-state index in [0.717, 1.165) is 31.8 Å². The van der Waals surface area contributed by atoms with Crippen LogP contribution in [0.3, 0.4) is 0 Å². The lowest BCUT2D eigenvalue weighted by Gasteiger charge is -2.30. The van der Waals surface area contributed by atoms with Crippen LogP contribution >= 0.6 is 0 Å². The Kier molecular flexibility index (Phi) is 7.67. The molecule has 0 aromatic heterocycles. The van der Waals surface area contributed by atoms with Gasteiger partial charge in [0.2, 0.25) is 5.91 Å². The average molecular weight is 297 g/mol. The van der Waals surface area contributed by atoms with Gasteiger partial charge in [0.25, 0.3) is 0 Å². The number of rotatable bonds is 7. The van der Waals surface area contributed by atoms with E-state index in [1.54, 1.807) is 0 Å². The molecule has 0 bridgehead atoms. The predicted molar refractivity (Wildman–Crippen MR) is 89.1 cm³/mol. The summed E-state index contributed by atoms with van der Waals surface area (Å²) >= 11 is 0. The minimum atomic E-state index is -0.0337. The van der Waals surface area contributed by atoms with Crippen LogP contribution < -0.4 is 11.1 Å². The molecule has 4 heteroatoms. The van der Waals surface area contributed by atoms with Crippen LogP contribution in [0, 0.1) is 11.3 Å². The number of nitrogens with zero attached hydrogens (tertiary/aromatic N) is 1. The summed E-state index contributed by atoms with van der Waals surface area (Å²) in [7, 11) is 0.